The molecule has 1 saturated carbocycles. The second-order valence-corrected chi connectivity index (χ2v) is 4.93. The lowest BCUT2D eigenvalue weighted by molar-refractivity contribution is -0.144. The molecule has 0 spiro atoms. The molecule has 0 radical (unpaired) electrons. The lowest BCUT2D eigenvalue weighted by Gasteiger charge is -2.23. The van der Waals surface area contributed by atoms with E-state index in [-0.39, 0.29) is 6.10 Å². The standard InChI is InChI=1S/C14H19NO3/c1-10-3-5-11(6-4-10)18-12-7-8-14(9-12,15-2)13(16)17/h3-6,12,15H,7-9H2,1-2H3,(H,16,17). The summed E-state index contributed by atoms with van der Waals surface area (Å²) in [5, 5.41) is 12.2. The predicted octanol–water partition coefficient (Wildman–Crippen LogP) is 1.97. The summed E-state index contributed by atoms with van der Waals surface area (Å²) in [5.41, 5.74) is 0.360. The predicted molar refractivity (Wildman–Crippen MR) is 68.9 cm³/mol. The van der Waals surface area contributed by atoms with Crippen LogP contribution in [0.5, 0.6) is 5.75 Å². The van der Waals surface area contributed by atoms with Crippen molar-refractivity contribution >= 4 is 5.97 Å². The van der Waals surface area contributed by atoms with Crippen LogP contribution in [0.2, 0.25) is 0 Å². The molecule has 1 aliphatic carbocycles. The van der Waals surface area contributed by atoms with Gasteiger partial charge in [0.15, 0.2) is 0 Å². The fraction of sp³-hybridized carbons (Fsp3) is 0.500. The van der Waals surface area contributed by atoms with Crippen molar-refractivity contribution in [3.05, 3.63) is 29.8 Å². The van der Waals surface area contributed by atoms with E-state index in [1.54, 1.807) is 7.05 Å². The fourth-order valence-electron chi connectivity index (χ4n) is 2.44. The van der Waals surface area contributed by atoms with E-state index >= 15 is 0 Å². The van der Waals surface area contributed by atoms with Gasteiger partial charge in [0.05, 0.1) is 0 Å². The Morgan fingerprint density at radius 2 is 2.11 bits per heavy atom. The zero-order valence-electron chi connectivity index (χ0n) is 10.8. The highest BCUT2D eigenvalue weighted by Gasteiger charge is 2.45. The molecular formula is C14H19NO3. The van der Waals surface area contributed by atoms with Crippen molar-refractivity contribution in [2.75, 3.05) is 7.05 Å². The molecule has 1 fully saturated rings. The normalized spacial score (nSPS) is 27.1. The average Bonchev–Trinajstić information content (AvgIpc) is 2.77. The fourth-order valence-corrected chi connectivity index (χ4v) is 2.44. The van der Waals surface area contributed by atoms with Gasteiger partial charge < -0.3 is 15.2 Å². The Hall–Kier alpha value is -1.55. The highest BCUT2D eigenvalue weighted by atomic mass is 16.5. The summed E-state index contributed by atoms with van der Waals surface area (Å²) in [5.74, 6) is 0.0166. The summed E-state index contributed by atoms with van der Waals surface area (Å²) in [6.45, 7) is 2.02. The number of carboxylic acid groups (broad SMARTS) is 1. The van der Waals surface area contributed by atoms with Crippen LogP contribution in [0, 0.1) is 6.92 Å². The molecule has 1 aromatic rings. The van der Waals surface area contributed by atoms with E-state index in [2.05, 4.69) is 5.32 Å². The van der Waals surface area contributed by atoms with Gasteiger partial charge in [0.25, 0.3) is 0 Å². The van der Waals surface area contributed by atoms with Crippen molar-refractivity contribution in [1.29, 1.82) is 0 Å². The third-order valence-electron chi connectivity index (χ3n) is 3.68. The van der Waals surface area contributed by atoms with Crippen molar-refractivity contribution in [3.8, 4) is 5.75 Å². The van der Waals surface area contributed by atoms with Crippen LogP contribution < -0.4 is 10.1 Å². The lowest BCUT2D eigenvalue weighted by atomic mass is 9.98. The Balaban J connectivity index is 2.01. The second kappa shape index (κ2) is 4.98. The molecule has 4 nitrogen and oxygen atoms in total. The summed E-state index contributed by atoms with van der Waals surface area (Å²) in [4.78, 5) is 11.3. The first-order valence-electron chi connectivity index (χ1n) is 6.21. The number of carboxylic acids is 1. The minimum Gasteiger partial charge on any atom is -0.490 e. The van der Waals surface area contributed by atoms with Crippen molar-refractivity contribution in [3.63, 3.8) is 0 Å². The zero-order chi connectivity index (χ0) is 13.2. The Labute approximate surface area is 107 Å². The Bertz CT molecular complexity index is 429. The topological polar surface area (TPSA) is 58.6 Å². The number of likely N-dealkylation sites (N-methyl/N-ethyl adjacent to an activating group) is 1. The monoisotopic (exact) mass is 249 g/mol. The molecule has 2 atom stereocenters. The molecule has 1 aliphatic rings. The molecule has 0 aliphatic heterocycles. The number of ether oxygens (including phenoxy) is 1. The SMILES string of the molecule is CNC1(C(=O)O)CCC(Oc2ccc(C)cc2)C1. The molecule has 0 saturated heterocycles. The summed E-state index contributed by atoms with van der Waals surface area (Å²) in [6.07, 6.45) is 1.85. The minimum absolute atomic E-state index is 0.0312. The molecule has 0 aromatic heterocycles. The van der Waals surface area contributed by atoms with Gasteiger partial charge in [-0.3, -0.25) is 4.79 Å². The molecule has 98 valence electrons. The van der Waals surface area contributed by atoms with Gasteiger partial charge in [0, 0.05) is 6.42 Å². The van der Waals surface area contributed by atoms with Crippen LogP contribution in [-0.4, -0.2) is 29.8 Å². The molecule has 1 aromatic carbocycles. The smallest absolute Gasteiger partial charge is 0.324 e. The van der Waals surface area contributed by atoms with Gasteiger partial charge in [-0.1, -0.05) is 17.7 Å². The van der Waals surface area contributed by atoms with Crippen LogP contribution in [0.3, 0.4) is 0 Å². The third kappa shape index (κ3) is 2.48. The largest absolute Gasteiger partial charge is 0.490 e. The lowest BCUT2D eigenvalue weighted by Crippen LogP contribution is -2.48. The number of aliphatic carboxylic acids is 1. The molecule has 0 bridgehead atoms. The zero-order valence-corrected chi connectivity index (χ0v) is 10.8. The highest BCUT2D eigenvalue weighted by Crippen LogP contribution is 2.32. The molecule has 0 amide bonds. The quantitative estimate of drug-likeness (QED) is 0.856. The number of rotatable bonds is 4. The van der Waals surface area contributed by atoms with Crippen molar-refractivity contribution in [2.45, 2.75) is 37.8 Å². The first-order valence-corrected chi connectivity index (χ1v) is 6.21. The molecule has 2 rings (SSSR count). The van der Waals surface area contributed by atoms with Crippen LogP contribution in [0.25, 0.3) is 0 Å². The number of carbonyl (C=O) groups is 1. The van der Waals surface area contributed by atoms with E-state index in [0.29, 0.717) is 12.8 Å². The van der Waals surface area contributed by atoms with Gasteiger partial charge >= 0.3 is 5.97 Å². The Morgan fingerprint density at radius 1 is 1.44 bits per heavy atom. The number of aryl methyl sites for hydroxylation is 1. The van der Waals surface area contributed by atoms with E-state index in [4.69, 9.17) is 4.74 Å². The Kier molecular flexibility index (Phi) is 3.57. The van der Waals surface area contributed by atoms with E-state index in [1.165, 1.54) is 5.56 Å². The summed E-state index contributed by atoms with van der Waals surface area (Å²) < 4.78 is 5.83. The van der Waals surface area contributed by atoms with Crippen molar-refractivity contribution in [2.24, 2.45) is 0 Å². The van der Waals surface area contributed by atoms with E-state index in [1.807, 2.05) is 31.2 Å². The van der Waals surface area contributed by atoms with E-state index < -0.39 is 11.5 Å². The van der Waals surface area contributed by atoms with Gasteiger partial charge in [0.1, 0.15) is 17.4 Å². The minimum atomic E-state index is -0.824. The highest BCUT2D eigenvalue weighted by molar-refractivity contribution is 5.79. The molecular weight excluding hydrogens is 230 g/mol. The van der Waals surface area contributed by atoms with Crippen LogP contribution in [0.4, 0.5) is 0 Å². The maximum absolute atomic E-state index is 11.3. The summed E-state index contributed by atoms with van der Waals surface area (Å²) in [6, 6.07) is 7.84. The maximum atomic E-state index is 11.3. The maximum Gasteiger partial charge on any atom is 0.324 e. The van der Waals surface area contributed by atoms with Gasteiger partial charge in [-0.15, -0.1) is 0 Å². The van der Waals surface area contributed by atoms with Gasteiger partial charge in [-0.25, -0.2) is 0 Å². The van der Waals surface area contributed by atoms with Crippen molar-refractivity contribution in [1.82, 2.24) is 5.32 Å². The average molecular weight is 249 g/mol. The van der Waals surface area contributed by atoms with Crippen LogP contribution in [0.1, 0.15) is 24.8 Å². The van der Waals surface area contributed by atoms with Gasteiger partial charge in [0.2, 0.25) is 0 Å². The number of nitrogens with one attached hydrogen (secondary N) is 1. The molecule has 2 unspecified atom stereocenters. The van der Waals surface area contributed by atoms with Gasteiger partial charge in [-0.05, 0) is 38.9 Å². The van der Waals surface area contributed by atoms with E-state index in [0.717, 1.165) is 12.2 Å². The number of hydrogen-bond donors (Lipinski definition) is 2. The third-order valence-corrected chi connectivity index (χ3v) is 3.68. The second-order valence-electron chi connectivity index (χ2n) is 4.93. The summed E-state index contributed by atoms with van der Waals surface area (Å²) >= 11 is 0. The first-order chi connectivity index (χ1) is 8.55. The number of hydrogen-bond acceptors (Lipinski definition) is 3. The molecule has 18 heavy (non-hydrogen) atoms. The van der Waals surface area contributed by atoms with Gasteiger partial charge in [-0.2, -0.15) is 0 Å². The molecule has 4 heteroatoms. The first kappa shape index (κ1) is 12.9. The Morgan fingerprint density at radius 3 is 2.61 bits per heavy atom. The molecule has 2 N–H and O–H groups in total. The van der Waals surface area contributed by atoms with Crippen molar-refractivity contribution < 1.29 is 14.6 Å². The summed E-state index contributed by atoms with van der Waals surface area (Å²) in [7, 11) is 1.70. The van der Waals surface area contributed by atoms with Crippen LogP contribution >= 0.6 is 0 Å². The van der Waals surface area contributed by atoms with Crippen LogP contribution in [0.15, 0.2) is 24.3 Å². The van der Waals surface area contributed by atoms with E-state index in [9.17, 15) is 9.90 Å². The number of benzene rings is 1. The van der Waals surface area contributed by atoms with Crippen LogP contribution in [-0.2, 0) is 4.79 Å². The molecule has 0 heterocycles.